The number of halogens is 2. The second-order valence-electron chi connectivity index (χ2n) is 5.98. The normalized spacial score (nSPS) is 10.6. The number of rotatable bonds is 3. The van der Waals surface area contributed by atoms with Crippen molar-refractivity contribution in [3.05, 3.63) is 71.1 Å². The summed E-state index contributed by atoms with van der Waals surface area (Å²) in [5, 5.41) is 6.38. The fourth-order valence-corrected chi connectivity index (χ4v) is 3.68. The molecule has 0 amide bonds. The average molecular weight is 386 g/mol. The van der Waals surface area contributed by atoms with E-state index < -0.39 is 0 Å². The monoisotopic (exact) mass is 385 g/mol. The van der Waals surface area contributed by atoms with Gasteiger partial charge in [-0.2, -0.15) is 0 Å². The van der Waals surface area contributed by atoms with Crippen molar-refractivity contribution in [1.82, 2.24) is 9.97 Å². The lowest BCUT2D eigenvalue weighted by Gasteiger charge is -2.09. The first-order chi connectivity index (χ1) is 12.1. The Bertz CT molecular complexity index is 1060. The number of hydrogen-bond acceptors (Lipinski definition) is 4. The summed E-state index contributed by atoms with van der Waals surface area (Å²) < 4.78 is 13.1. The summed E-state index contributed by atoms with van der Waals surface area (Å²) >= 11 is 1.59. The number of aryl methyl sites for hydroxylation is 2. The minimum atomic E-state index is -0.260. The number of nitrogens with zero attached hydrogens (tertiary/aromatic N) is 2. The van der Waals surface area contributed by atoms with Crippen molar-refractivity contribution in [2.75, 3.05) is 5.32 Å². The van der Waals surface area contributed by atoms with Gasteiger partial charge in [-0.25, -0.2) is 14.4 Å². The zero-order valence-corrected chi connectivity index (χ0v) is 15.9. The van der Waals surface area contributed by atoms with Crippen LogP contribution in [0.25, 0.3) is 21.3 Å². The standard InChI is InChI=1S/C20H16FN3S.ClH/c1-12-3-4-14(9-13(12)2)17-10-25-20-18(17)19(22-11-23-20)24-16-7-5-15(21)6-8-16;/h3-11H,1-2H3,(H,22,23,24);1H. The number of benzene rings is 2. The molecule has 6 heteroatoms. The SMILES string of the molecule is Cc1ccc(-c2csc3ncnc(Nc4ccc(F)cc4)c23)cc1C.Cl. The summed E-state index contributed by atoms with van der Waals surface area (Å²) in [6.45, 7) is 4.22. The molecular formula is C20H17ClFN3S. The van der Waals surface area contributed by atoms with E-state index in [1.54, 1.807) is 29.8 Å². The fourth-order valence-electron chi connectivity index (χ4n) is 2.76. The van der Waals surface area contributed by atoms with Gasteiger partial charge in [-0.1, -0.05) is 18.2 Å². The summed E-state index contributed by atoms with van der Waals surface area (Å²) in [6.07, 6.45) is 1.55. The molecule has 0 atom stereocenters. The van der Waals surface area contributed by atoms with Crippen molar-refractivity contribution >= 4 is 45.5 Å². The Labute approximate surface area is 161 Å². The van der Waals surface area contributed by atoms with Crippen molar-refractivity contribution in [3.8, 4) is 11.1 Å². The molecule has 4 rings (SSSR count). The van der Waals surface area contributed by atoms with Crippen LogP contribution < -0.4 is 5.32 Å². The zero-order chi connectivity index (χ0) is 17.4. The molecule has 0 aliphatic rings. The highest BCUT2D eigenvalue weighted by Gasteiger charge is 2.14. The third-order valence-corrected chi connectivity index (χ3v) is 5.18. The Balaban J connectivity index is 0.00000196. The van der Waals surface area contributed by atoms with Crippen LogP contribution >= 0.6 is 23.7 Å². The second-order valence-corrected chi connectivity index (χ2v) is 6.84. The lowest BCUT2D eigenvalue weighted by atomic mass is 10.0. The predicted molar refractivity (Wildman–Crippen MR) is 109 cm³/mol. The molecule has 0 unspecified atom stereocenters. The van der Waals surface area contributed by atoms with Gasteiger partial charge in [0.15, 0.2) is 0 Å². The highest BCUT2D eigenvalue weighted by molar-refractivity contribution is 7.17. The van der Waals surface area contributed by atoms with Crippen LogP contribution in [0.3, 0.4) is 0 Å². The molecule has 0 saturated heterocycles. The number of nitrogens with one attached hydrogen (secondary N) is 1. The van der Waals surface area contributed by atoms with Gasteiger partial charge in [-0.3, -0.25) is 0 Å². The molecule has 0 saturated carbocycles. The smallest absolute Gasteiger partial charge is 0.143 e. The summed E-state index contributed by atoms with van der Waals surface area (Å²) in [6, 6.07) is 12.7. The van der Waals surface area contributed by atoms with E-state index in [4.69, 9.17) is 0 Å². The molecular weight excluding hydrogens is 369 g/mol. The van der Waals surface area contributed by atoms with Crippen LogP contribution in [0.2, 0.25) is 0 Å². The Hall–Kier alpha value is -2.50. The molecule has 0 radical (unpaired) electrons. The van der Waals surface area contributed by atoms with E-state index in [-0.39, 0.29) is 18.2 Å². The van der Waals surface area contributed by atoms with Gasteiger partial charge in [0.05, 0.1) is 5.39 Å². The maximum atomic E-state index is 13.1. The van der Waals surface area contributed by atoms with Gasteiger partial charge in [0.2, 0.25) is 0 Å². The highest BCUT2D eigenvalue weighted by atomic mass is 35.5. The van der Waals surface area contributed by atoms with Gasteiger partial charge in [0.1, 0.15) is 22.8 Å². The number of thiophene rings is 1. The Morgan fingerprint density at radius 1 is 0.962 bits per heavy atom. The molecule has 3 nitrogen and oxygen atoms in total. The quantitative estimate of drug-likeness (QED) is 0.451. The molecule has 4 aromatic rings. The molecule has 0 aliphatic heterocycles. The highest BCUT2D eigenvalue weighted by Crippen LogP contribution is 2.37. The van der Waals surface area contributed by atoms with Gasteiger partial charge in [0, 0.05) is 16.6 Å². The molecule has 0 fully saturated rings. The zero-order valence-electron chi connectivity index (χ0n) is 14.3. The van der Waals surface area contributed by atoms with Crippen LogP contribution in [0.15, 0.2) is 54.2 Å². The third kappa shape index (κ3) is 3.41. The van der Waals surface area contributed by atoms with E-state index in [1.807, 2.05) is 0 Å². The van der Waals surface area contributed by atoms with Crippen molar-refractivity contribution in [2.45, 2.75) is 13.8 Å². The van der Waals surface area contributed by atoms with Crippen LogP contribution in [0, 0.1) is 19.7 Å². The van der Waals surface area contributed by atoms with E-state index in [0.29, 0.717) is 0 Å². The minimum Gasteiger partial charge on any atom is -0.340 e. The Morgan fingerprint density at radius 2 is 1.73 bits per heavy atom. The van der Waals surface area contributed by atoms with E-state index in [9.17, 15) is 4.39 Å². The van der Waals surface area contributed by atoms with E-state index in [0.717, 1.165) is 32.8 Å². The maximum absolute atomic E-state index is 13.1. The molecule has 0 aliphatic carbocycles. The largest absolute Gasteiger partial charge is 0.340 e. The maximum Gasteiger partial charge on any atom is 0.143 e. The van der Waals surface area contributed by atoms with Gasteiger partial charge in [0.25, 0.3) is 0 Å². The average Bonchev–Trinajstić information content (AvgIpc) is 3.04. The summed E-state index contributed by atoms with van der Waals surface area (Å²) in [4.78, 5) is 9.73. The topological polar surface area (TPSA) is 37.8 Å². The van der Waals surface area contributed by atoms with Crippen LogP contribution in [-0.4, -0.2) is 9.97 Å². The van der Waals surface area contributed by atoms with Crippen LogP contribution in [0.1, 0.15) is 11.1 Å². The summed E-state index contributed by atoms with van der Waals surface area (Å²) in [5.74, 6) is 0.468. The van der Waals surface area contributed by atoms with Gasteiger partial charge >= 0.3 is 0 Å². The molecule has 2 aromatic heterocycles. The van der Waals surface area contributed by atoms with Gasteiger partial charge in [-0.15, -0.1) is 23.7 Å². The van der Waals surface area contributed by atoms with Crippen LogP contribution in [-0.2, 0) is 0 Å². The first-order valence-corrected chi connectivity index (χ1v) is 8.82. The van der Waals surface area contributed by atoms with Crippen molar-refractivity contribution in [1.29, 1.82) is 0 Å². The van der Waals surface area contributed by atoms with Gasteiger partial charge in [-0.05, 0) is 54.8 Å². The molecule has 132 valence electrons. The number of aromatic nitrogens is 2. The van der Waals surface area contributed by atoms with Crippen molar-refractivity contribution in [2.24, 2.45) is 0 Å². The van der Waals surface area contributed by atoms with E-state index in [1.165, 1.54) is 23.3 Å². The first kappa shape index (κ1) is 18.3. The second kappa shape index (κ2) is 7.40. The Kier molecular flexibility index (Phi) is 5.20. The minimum absolute atomic E-state index is 0. The summed E-state index contributed by atoms with van der Waals surface area (Å²) in [5.41, 5.74) is 5.56. The molecule has 0 bridgehead atoms. The fraction of sp³-hybridized carbons (Fsp3) is 0.100. The summed E-state index contributed by atoms with van der Waals surface area (Å²) in [7, 11) is 0. The number of fused-ring (bicyclic) bond motifs is 1. The molecule has 0 spiro atoms. The van der Waals surface area contributed by atoms with Crippen molar-refractivity contribution in [3.63, 3.8) is 0 Å². The van der Waals surface area contributed by atoms with E-state index in [2.05, 4.69) is 52.7 Å². The molecule has 1 N–H and O–H groups in total. The first-order valence-electron chi connectivity index (χ1n) is 7.94. The lowest BCUT2D eigenvalue weighted by molar-refractivity contribution is 0.628. The molecule has 2 heterocycles. The number of anilines is 2. The van der Waals surface area contributed by atoms with E-state index >= 15 is 0 Å². The van der Waals surface area contributed by atoms with Crippen LogP contribution in [0.4, 0.5) is 15.9 Å². The number of hydrogen-bond donors (Lipinski definition) is 1. The Morgan fingerprint density at radius 3 is 2.46 bits per heavy atom. The lowest BCUT2D eigenvalue weighted by Crippen LogP contribution is -1.95. The third-order valence-electron chi connectivity index (χ3n) is 4.30. The molecule has 2 aromatic carbocycles. The molecule has 26 heavy (non-hydrogen) atoms. The predicted octanol–water partition coefficient (Wildman–Crippen LogP) is 6.28. The van der Waals surface area contributed by atoms with Crippen molar-refractivity contribution < 1.29 is 4.39 Å². The van der Waals surface area contributed by atoms with Crippen LogP contribution in [0.5, 0.6) is 0 Å². The van der Waals surface area contributed by atoms with Gasteiger partial charge < -0.3 is 5.32 Å².